The fourth-order valence-corrected chi connectivity index (χ4v) is 2.62. The van der Waals surface area contributed by atoms with Gasteiger partial charge >= 0.3 is 0 Å². The highest BCUT2D eigenvalue weighted by Crippen LogP contribution is 2.34. The molecule has 20 heavy (non-hydrogen) atoms. The fraction of sp³-hybridized carbons (Fsp3) is 0. The van der Waals surface area contributed by atoms with Crippen LogP contribution in [0.5, 0.6) is 0 Å². The third-order valence-electron chi connectivity index (χ3n) is 3.37. The maximum atomic E-state index is 6.19. The molecular weight excluding hydrogens is 270 g/mol. The molecule has 2 heterocycles. The van der Waals surface area contributed by atoms with Gasteiger partial charge < -0.3 is 4.42 Å². The van der Waals surface area contributed by atoms with Gasteiger partial charge in [0.25, 0.3) is 0 Å². The topological polar surface area (TPSA) is 26.0 Å². The second-order valence-electron chi connectivity index (χ2n) is 4.60. The molecule has 0 unspecified atom stereocenters. The van der Waals surface area contributed by atoms with Gasteiger partial charge in [0.05, 0.1) is 5.02 Å². The molecule has 2 aromatic heterocycles. The Morgan fingerprint density at radius 1 is 1.05 bits per heavy atom. The zero-order valence-electron chi connectivity index (χ0n) is 10.4. The largest absolute Gasteiger partial charge is 0.456 e. The Kier molecular flexibility index (Phi) is 2.51. The minimum atomic E-state index is 0.646. The lowest BCUT2D eigenvalue weighted by molar-refractivity contribution is 0.632. The summed E-state index contributed by atoms with van der Waals surface area (Å²) in [4.78, 5) is 4.26. The highest BCUT2D eigenvalue weighted by atomic mass is 35.5. The maximum Gasteiger partial charge on any atom is 0.137 e. The van der Waals surface area contributed by atoms with Gasteiger partial charge in [0.2, 0.25) is 0 Å². The Morgan fingerprint density at radius 2 is 1.95 bits per heavy atom. The van der Waals surface area contributed by atoms with Crippen molar-refractivity contribution in [3.8, 4) is 11.3 Å². The number of nitrogens with zero attached hydrogens (tertiary/aromatic N) is 1. The molecule has 2 aromatic carbocycles. The Balaban J connectivity index is 2.04. The summed E-state index contributed by atoms with van der Waals surface area (Å²) in [6, 6.07) is 16.7. The van der Waals surface area contributed by atoms with Crippen LogP contribution in [0, 0.1) is 6.07 Å². The second kappa shape index (κ2) is 4.36. The van der Waals surface area contributed by atoms with Crippen molar-refractivity contribution in [3.05, 3.63) is 65.9 Å². The lowest BCUT2D eigenvalue weighted by Crippen LogP contribution is -1.82. The number of pyridine rings is 1. The van der Waals surface area contributed by atoms with Crippen molar-refractivity contribution in [1.29, 1.82) is 0 Å². The minimum absolute atomic E-state index is 0.646. The molecule has 0 saturated heterocycles. The molecule has 4 aromatic rings. The molecule has 2 nitrogen and oxygen atoms in total. The molecule has 0 atom stereocenters. The number of halogens is 1. The van der Waals surface area contributed by atoms with Crippen molar-refractivity contribution in [2.24, 2.45) is 0 Å². The monoisotopic (exact) mass is 278 g/mol. The van der Waals surface area contributed by atoms with Gasteiger partial charge in [-0.25, -0.2) is 0 Å². The van der Waals surface area contributed by atoms with E-state index in [1.807, 2.05) is 36.4 Å². The van der Waals surface area contributed by atoms with Crippen molar-refractivity contribution in [2.75, 3.05) is 0 Å². The minimum Gasteiger partial charge on any atom is -0.456 e. The van der Waals surface area contributed by atoms with Crippen LogP contribution in [0.2, 0.25) is 5.02 Å². The van der Waals surface area contributed by atoms with E-state index < -0.39 is 0 Å². The Labute approximate surface area is 120 Å². The predicted octanol–water partition coefficient (Wildman–Crippen LogP) is 5.10. The molecule has 0 aliphatic rings. The summed E-state index contributed by atoms with van der Waals surface area (Å²) in [5, 5.41) is 3.62. The molecule has 4 rings (SSSR count). The first kappa shape index (κ1) is 11.5. The van der Waals surface area contributed by atoms with Crippen molar-refractivity contribution < 1.29 is 4.42 Å². The van der Waals surface area contributed by atoms with Gasteiger partial charge in [-0.1, -0.05) is 29.8 Å². The van der Waals surface area contributed by atoms with Gasteiger partial charge in [-0.15, -0.1) is 0 Å². The Hall–Kier alpha value is -2.32. The number of hydrogen-bond donors (Lipinski definition) is 0. The van der Waals surface area contributed by atoms with E-state index in [4.69, 9.17) is 16.0 Å². The molecule has 0 fully saturated rings. The third-order valence-corrected chi connectivity index (χ3v) is 3.69. The van der Waals surface area contributed by atoms with Crippen LogP contribution >= 0.6 is 11.6 Å². The van der Waals surface area contributed by atoms with Crippen LogP contribution in [0.4, 0.5) is 0 Å². The molecule has 0 N–H and O–H groups in total. The first-order chi connectivity index (χ1) is 9.83. The standard InChI is InChI=1S/C17H9ClNO/c18-15-6-3-5-12-13(15)9-19-10-14(12)17-8-11-4-1-2-7-16(11)20-17/h1-2,4-10H. The summed E-state index contributed by atoms with van der Waals surface area (Å²) in [6.45, 7) is 0. The van der Waals surface area contributed by atoms with Crippen molar-refractivity contribution in [3.63, 3.8) is 0 Å². The number of rotatable bonds is 1. The molecule has 0 spiro atoms. The average Bonchev–Trinajstić information content (AvgIpc) is 2.91. The fourth-order valence-electron chi connectivity index (χ4n) is 2.40. The molecule has 0 saturated carbocycles. The summed E-state index contributed by atoms with van der Waals surface area (Å²) in [5.74, 6) is 0.792. The van der Waals surface area contributed by atoms with E-state index in [0.717, 1.165) is 33.1 Å². The average molecular weight is 279 g/mol. The molecule has 0 aliphatic carbocycles. The van der Waals surface area contributed by atoms with Crippen LogP contribution in [0.25, 0.3) is 33.1 Å². The van der Waals surface area contributed by atoms with Crippen LogP contribution in [0.1, 0.15) is 0 Å². The van der Waals surface area contributed by atoms with E-state index in [9.17, 15) is 0 Å². The van der Waals surface area contributed by atoms with E-state index >= 15 is 0 Å². The molecule has 1 radical (unpaired) electrons. The smallest absolute Gasteiger partial charge is 0.137 e. The van der Waals surface area contributed by atoms with Gasteiger partial charge in [-0.2, -0.15) is 0 Å². The SMILES string of the molecule is Clc1c[c]cc2c(-c3cc4ccccc4o3)cncc12. The van der Waals surface area contributed by atoms with E-state index in [0.29, 0.717) is 5.02 Å². The van der Waals surface area contributed by atoms with Crippen molar-refractivity contribution in [1.82, 2.24) is 4.98 Å². The van der Waals surface area contributed by atoms with Crippen molar-refractivity contribution >= 4 is 33.3 Å². The highest BCUT2D eigenvalue weighted by molar-refractivity contribution is 6.35. The summed E-state index contributed by atoms with van der Waals surface area (Å²) in [5.41, 5.74) is 1.79. The van der Waals surface area contributed by atoms with E-state index in [1.165, 1.54) is 0 Å². The molecule has 0 amide bonds. The van der Waals surface area contributed by atoms with Gasteiger partial charge in [0, 0.05) is 28.7 Å². The van der Waals surface area contributed by atoms with Crippen LogP contribution in [0.3, 0.4) is 0 Å². The lowest BCUT2D eigenvalue weighted by Gasteiger charge is -2.04. The van der Waals surface area contributed by atoms with Gasteiger partial charge in [0.1, 0.15) is 11.3 Å². The van der Waals surface area contributed by atoms with Crippen LogP contribution in [-0.4, -0.2) is 4.98 Å². The van der Waals surface area contributed by atoms with Crippen LogP contribution in [0.15, 0.2) is 59.3 Å². The summed E-state index contributed by atoms with van der Waals surface area (Å²) in [7, 11) is 0. The number of aromatic nitrogens is 1. The zero-order valence-corrected chi connectivity index (χ0v) is 11.2. The summed E-state index contributed by atoms with van der Waals surface area (Å²) < 4.78 is 5.91. The van der Waals surface area contributed by atoms with E-state index in [-0.39, 0.29) is 0 Å². The van der Waals surface area contributed by atoms with Crippen LogP contribution in [-0.2, 0) is 0 Å². The third kappa shape index (κ3) is 1.69. The van der Waals surface area contributed by atoms with E-state index in [2.05, 4.69) is 11.1 Å². The zero-order chi connectivity index (χ0) is 13.5. The highest BCUT2D eigenvalue weighted by Gasteiger charge is 2.11. The summed E-state index contributed by atoms with van der Waals surface area (Å²) >= 11 is 6.19. The normalized spacial score (nSPS) is 11.2. The Bertz CT molecular complexity index is 893. The summed E-state index contributed by atoms with van der Waals surface area (Å²) in [6.07, 6.45) is 3.56. The number of para-hydroxylation sites is 1. The molecule has 0 aliphatic heterocycles. The molecule has 95 valence electrons. The van der Waals surface area contributed by atoms with Crippen molar-refractivity contribution in [2.45, 2.75) is 0 Å². The van der Waals surface area contributed by atoms with Crippen LogP contribution < -0.4 is 0 Å². The first-order valence-electron chi connectivity index (χ1n) is 6.25. The Morgan fingerprint density at radius 3 is 2.85 bits per heavy atom. The second-order valence-corrected chi connectivity index (χ2v) is 5.01. The molecule has 0 bridgehead atoms. The van der Waals surface area contributed by atoms with Gasteiger partial charge in [-0.05, 0) is 35.7 Å². The molecule has 3 heteroatoms. The number of benzene rings is 2. The van der Waals surface area contributed by atoms with Gasteiger partial charge in [0.15, 0.2) is 0 Å². The number of fused-ring (bicyclic) bond motifs is 2. The first-order valence-corrected chi connectivity index (χ1v) is 6.63. The number of furan rings is 1. The quantitative estimate of drug-likeness (QED) is 0.484. The lowest BCUT2D eigenvalue weighted by atomic mass is 10.1. The molecular formula is C17H9ClNO. The van der Waals surface area contributed by atoms with E-state index in [1.54, 1.807) is 18.5 Å². The van der Waals surface area contributed by atoms with Gasteiger partial charge in [-0.3, -0.25) is 4.98 Å². The maximum absolute atomic E-state index is 6.19. The predicted molar refractivity (Wildman–Crippen MR) is 80.8 cm³/mol. The number of hydrogen-bond acceptors (Lipinski definition) is 2.